The Hall–Kier alpha value is -1.75. The Bertz CT molecular complexity index is 419. The number of carboxylic acid groups (broad SMARTS) is 1. The second-order valence-corrected chi connectivity index (χ2v) is 4.63. The molecule has 0 bridgehead atoms. The quantitative estimate of drug-likeness (QED) is 0.612. The van der Waals surface area contributed by atoms with E-state index in [2.05, 4.69) is 0 Å². The van der Waals surface area contributed by atoms with Gasteiger partial charge < -0.3 is 21.1 Å². The Morgan fingerprint density at radius 3 is 2.56 bits per heavy atom. The third kappa shape index (κ3) is 3.92. The van der Waals surface area contributed by atoms with E-state index in [4.69, 9.17) is 10.8 Å². The summed E-state index contributed by atoms with van der Waals surface area (Å²) < 4.78 is 0. The molecule has 0 aromatic heterocycles. The maximum Gasteiger partial charge on any atom is 0.307 e. The zero-order valence-corrected chi connectivity index (χ0v) is 10.3. The van der Waals surface area contributed by atoms with Gasteiger partial charge in [0.15, 0.2) is 0 Å². The molecule has 0 radical (unpaired) electrons. The van der Waals surface area contributed by atoms with E-state index in [1.54, 1.807) is 6.07 Å². The highest BCUT2D eigenvalue weighted by molar-refractivity contribution is 5.70. The van der Waals surface area contributed by atoms with Crippen LogP contribution >= 0.6 is 0 Å². The number of phenolic OH excluding ortho intramolecular Hbond substituents is 2. The standard InChI is InChI=1S/C13H19NO4/c1-8(5-10(7-14)13(17)18)4-9-2-3-11(15)6-12(9)16/h2-3,6,8,10,15-16H,4-5,7,14H2,1H3,(H,17,18). The lowest BCUT2D eigenvalue weighted by atomic mass is 9.90. The number of carboxylic acids is 1. The van der Waals surface area contributed by atoms with Gasteiger partial charge in [0, 0.05) is 12.6 Å². The van der Waals surface area contributed by atoms with Gasteiger partial charge >= 0.3 is 5.97 Å². The fraction of sp³-hybridized carbons (Fsp3) is 0.462. The molecule has 5 heteroatoms. The number of nitrogens with two attached hydrogens (primary N) is 1. The summed E-state index contributed by atoms with van der Waals surface area (Å²) in [6.45, 7) is 2.03. The molecule has 5 nitrogen and oxygen atoms in total. The molecule has 0 saturated heterocycles. The zero-order valence-electron chi connectivity index (χ0n) is 10.3. The predicted octanol–water partition coefficient (Wildman–Crippen LogP) is 1.33. The molecule has 1 rings (SSSR count). The molecule has 0 heterocycles. The van der Waals surface area contributed by atoms with Gasteiger partial charge in [-0.15, -0.1) is 0 Å². The van der Waals surface area contributed by atoms with E-state index in [9.17, 15) is 15.0 Å². The van der Waals surface area contributed by atoms with Crippen LogP contribution in [0.1, 0.15) is 18.9 Å². The highest BCUT2D eigenvalue weighted by Gasteiger charge is 2.19. The van der Waals surface area contributed by atoms with E-state index >= 15 is 0 Å². The molecule has 1 aromatic rings. The SMILES string of the molecule is CC(Cc1ccc(O)cc1O)CC(CN)C(=O)O. The smallest absolute Gasteiger partial charge is 0.307 e. The summed E-state index contributed by atoms with van der Waals surface area (Å²) in [4.78, 5) is 10.9. The van der Waals surface area contributed by atoms with Crippen molar-refractivity contribution in [2.75, 3.05) is 6.54 Å². The van der Waals surface area contributed by atoms with Crippen LogP contribution in [0.4, 0.5) is 0 Å². The van der Waals surface area contributed by atoms with Crippen molar-refractivity contribution in [2.45, 2.75) is 19.8 Å². The van der Waals surface area contributed by atoms with Crippen molar-refractivity contribution in [2.24, 2.45) is 17.6 Å². The molecule has 2 atom stereocenters. The fourth-order valence-electron chi connectivity index (χ4n) is 1.97. The van der Waals surface area contributed by atoms with Crippen LogP contribution in [0.15, 0.2) is 18.2 Å². The molecule has 0 fully saturated rings. The van der Waals surface area contributed by atoms with Gasteiger partial charge in [-0.2, -0.15) is 0 Å². The zero-order chi connectivity index (χ0) is 13.7. The summed E-state index contributed by atoms with van der Waals surface area (Å²) in [6.07, 6.45) is 1.02. The van der Waals surface area contributed by atoms with Crippen LogP contribution in [0.5, 0.6) is 11.5 Å². The van der Waals surface area contributed by atoms with Crippen molar-refractivity contribution in [3.05, 3.63) is 23.8 Å². The van der Waals surface area contributed by atoms with E-state index < -0.39 is 11.9 Å². The first-order valence-electron chi connectivity index (χ1n) is 5.87. The maximum atomic E-state index is 10.9. The second-order valence-electron chi connectivity index (χ2n) is 4.63. The van der Waals surface area contributed by atoms with Gasteiger partial charge in [-0.05, 0) is 30.4 Å². The normalized spacial score (nSPS) is 14.1. The highest BCUT2D eigenvalue weighted by Crippen LogP contribution is 2.26. The Kier molecular flexibility index (Phi) is 4.97. The van der Waals surface area contributed by atoms with E-state index in [1.807, 2.05) is 6.92 Å². The van der Waals surface area contributed by atoms with Crippen molar-refractivity contribution in [1.29, 1.82) is 0 Å². The van der Waals surface area contributed by atoms with Crippen molar-refractivity contribution in [1.82, 2.24) is 0 Å². The average molecular weight is 253 g/mol. The van der Waals surface area contributed by atoms with E-state index in [0.717, 1.165) is 0 Å². The van der Waals surface area contributed by atoms with Crippen LogP contribution in [-0.2, 0) is 11.2 Å². The lowest BCUT2D eigenvalue weighted by Gasteiger charge is -2.16. The molecule has 0 saturated carbocycles. The van der Waals surface area contributed by atoms with Crippen molar-refractivity contribution >= 4 is 5.97 Å². The third-order valence-corrected chi connectivity index (χ3v) is 2.96. The minimum absolute atomic E-state index is 0.00859. The van der Waals surface area contributed by atoms with Crippen LogP contribution in [0, 0.1) is 11.8 Å². The number of hydrogen-bond acceptors (Lipinski definition) is 4. The summed E-state index contributed by atoms with van der Waals surface area (Å²) in [5, 5.41) is 27.7. The van der Waals surface area contributed by atoms with Gasteiger partial charge in [0.25, 0.3) is 0 Å². The average Bonchev–Trinajstić information content (AvgIpc) is 2.29. The Morgan fingerprint density at radius 2 is 2.06 bits per heavy atom. The first kappa shape index (κ1) is 14.3. The van der Waals surface area contributed by atoms with Crippen LogP contribution in [-0.4, -0.2) is 27.8 Å². The molecular formula is C13H19NO4. The van der Waals surface area contributed by atoms with Crippen molar-refractivity contribution < 1.29 is 20.1 Å². The topological polar surface area (TPSA) is 104 Å². The molecule has 0 aliphatic rings. The van der Waals surface area contributed by atoms with Gasteiger partial charge in [0.1, 0.15) is 11.5 Å². The molecule has 100 valence electrons. The largest absolute Gasteiger partial charge is 0.508 e. The molecule has 0 amide bonds. The molecule has 0 aliphatic heterocycles. The first-order chi connectivity index (χ1) is 8.43. The van der Waals surface area contributed by atoms with Crippen molar-refractivity contribution in [3.63, 3.8) is 0 Å². The second kappa shape index (κ2) is 6.26. The molecule has 0 spiro atoms. The van der Waals surface area contributed by atoms with E-state index in [0.29, 0.717) is 18.4 Å². The first-order valence-corrected chi connectivity index (χ1v) is 5.87. The number of rotatable bonds is 6. The number of carbonyl (C=O) groups is 1. The molecule has 2 unspecified atom stereocenters. The van der Waals surface area contributed by atoms with Gasteiger partial charge in [-0.1, -0.05) is 13.0 Å². The number of benzene rings is 1. The monoisotopic (exact) mass is 253 g/mol. The van der Waals surface area contributed by atoms with E-state index in [-0.39, 0.29) is 24.0 Å². The Balaban J connectivity index is 2.64. The fourth-order valence-corrected chi connectivity index (χ4v) is 1.97. The van der Waals surface area contributed by atoms with Crippen LogP contribution in [0.2, 0.25) is 0 Å². The van der Waals surface area contributed by atoms with Crippen LogP contribution < -0.4 is 5.73 Å². The van der Waals surface area contributed by atoms with Crippen LogP contribution in [0.25, 0.3) is 0 Å². The van der Waals surface area contributed by atoms with Crippen LogP contribution in [0.3, 0.4) is 0 Å². The number of phenols is 2. The minimum Gasteiger partial charge on any atom is -0.508 e. The third-order valence-electron chi connectivity index (χ3n) is 2.96. The summed E-state index contributed by atoms with van der Waals surface area (Å²) in [6, 6.07) is 4.42. The summed E-state index contributed by atoms with van der Waals surface area (Å²) >= 11 is 0. The Morgan fingerprint density at radius 1 is 1.39 bits per heavy atom. The summed E-state index contributed by atoms with van der Waals surface area (Å²) in [7, 11) is 0. The van der Waals surface area contributed by atoms with Crippen molar-refractivity contribution in [3.8, 4) is 11.5 Å². The molecular weight excluding hydrogens is 234 g/mol. The Labute approximate surface area is 106 Å². The number of hydrogen-bond donors (Lipinski definition) is 4. The summed E-state index contributed by atoms with van der Waals surface area (Å²) in [5.41, 5.74) is 6.10. The molecule has 1 aromatic carbocycles. The number of aromatic hydroxyl groups is 2. The predicted molar refractivity (Wildman–Crippen MR) is 67.4 cm³/mol. The minimum atomic E-state index is -0.890. The molecule has 5 N–H and O–H groups in total. The summed E-state index contributed by atoms with van der Waals surface area (Å²) in [5.74, 6) is -1.32. The molecule has 18 heavy (non-hydrogen) atoms. The van der Waals surface area contributed by atoms with Gasteiger partial charge in [-0.3, -0.25) is 4.79 Å². The maximum absolute atomic E-state index is 10.9. The lowest BCUT2D eigenvalue weighted by Crippen LogP contribution is -2.25. The van der Waals surface area contributed by atoms with Gasteiger partial charge in [-0.25, -0.2) is 0 Å². The number of aliphatic carboxylic acids is 1. The van der Waals surface area contributed by atoms with E-state index in [1.165, 1.54) is 12.1 Å². The van der Waals surface area contributed by atoms with Gasteiger partial charge in [0.05, 0.1) is 5.92 Å². The lowest BCUT2D eigenvalue weighted by molar-refractivity contribution is -0.141. The van der Waals surface area contributed by atoms with Gasteiger partial charge in [0.2, 0.25) is 0 Å². The molecule has 0 aliphatic carbocycles. The highest BCUT2D eigenvalue weighted by atomic mass is 16.4.